The summed E-state index contributed by atoms with van der Waals surface area (Å²) < 4.78 is 33.8. The predicted octanol–water partition coefficient (Wildman–Crippen LogP) is 3.21. The number of benzene rings is 1. The van der Waals surface area contributed by atoms with E-state index in [0.29, 0.717) is 31.2 Å². The van der Waals surface area contributed by atoms with Crippen LogP contribution < -0.4 is 8.92 Å². The summed E-state index contributed by atoms with van der Waals surface area (Å²) in [6.07, 6.45) is 1.29. The Labute approximate surface area is 151 Å². The number of carbonyl (C=O) groups is 1. The van der Waals surface area contributed by atoms with E-state index in [9.17, 15) is 13.2 Å². The van der Waals surface area contributed by atoms with Crippen LogP contribution in [0, 0.1) is 5.92 Å². The molecule has 0 N–H and O–H groups in total. The number of nitrogens with zero attached hydrogens (tertiary/aromatic N) is 1. The van der Waals surface area contributed by atoms with Gasteiger partial charge in [-0.25, -0.2) is 0 Å². The van der Waals surface area contributed by atoms with Crippen molar-refractivity contribution in [3.8, 4) is 11.5 Å². The second kappa shape index (κ2) is 9.65. The summed E-state index contributed by atoms with van der Waals surface area (Å²) in [5, 5.41) is 0. The fourth-order valence-corrected chi connectivity index (χ4v) is 2.89. The van der Waals surface area contributed by atoms with Crippen LogP contribution in [0.2, 0.25) is 0 Å². The highest BCUT2D eigenvalue weighted by molar-refractivity contribution is 7.87. The Morgan fingerprint density at radius 3 is 2.40 bits per heavy atom. The highest BCUT2D eigenvalue weighted by Gasteiger charge is 2.18. The first-order chi connectivity index (χ1) is 11.7. The monoisotopic (exact) mass is 371 g/mol. The quantitative estimate of drug-likeness (QED) is 0.591. The van der Waals surface area contributed by atoms with E-state index in [0.717, 1.165) is 12.0 Å². The zero-order valence-electron chi connectivity index (χ0n) is 15.7. The summed E-state index contributed by atoms with van der Waals surface area (Å²) >= 11 is 0. The van der Waals surface area contributed by atoms with Gasteiger partial charge >= 0.3 is 10.1 Å². The number of rotatable bonds is 10. The number of hydrogen-bond donors (Lipinski definition) is 0. The summed E-state index contributed by atoms with van der Waals surface area (Å²) in [4.78, 5) is 14.1. The maximum Gasteiger partial charge on any atom is 0.309 e. The molecule has 25 heavy (non-hydrogen) atoms. The number of hydrogen-bond acceptors (Lipinski definition) is 5. The lowest BCUT2D eigenvalue weighted by molar-refractivity contribution is -0.132. The molecule has 0 fully saturated rings. The van der Waals surface area contributed by atoms with Crippen LogP contribution in [-0.4, -0.2) is 38.6 Å². The molecule has 0 atom stereocenters. The van der Waals surface area contributed by atoms with Gasteiger partial charge in [-0.3, -0.25) is 4.79 Å². The maximum absolute atomic E-state index is 12.3. The zero-order chi connectivity index (χ0) is 19.0. The molecule has 7 heteroatoms. The van der Waals surface area contributed by atoms with Gasteiger partial charge < -0.3 is 13.8 Å². The van der Waals surface area contributed by atoms with E-state index >= 15 is 0 Å². The van der Waals surface area contributed by atoms with Crippen LogP contribution in [0.5, 0.6) is 11.5 Å². The van der Waals surface area contributed by atoms with Gasteiger partial charge in [-0.1, -0.05) is 26.8 Å². The first-order valence-electron chi connectivity index (χ1n) is 8.59. The Morgan fingerprint density at radius 2 is 1.88 bits per heavy atom. The van der Waals surface area contributed by atoms with E-state index < -0.39 is 10.1 Å². The zero-order valence-corrected chi connectivity index (χ0v) is 16.6. The van der Waals surface area contributed by atoms with Crippen molar-refractivity contribution in [2.45, 2.75) is 47.1 Å². The van der Waals surface area contributed by atoms with Gasteiger partial charge in [0.25, 0.3) is 0 Å². The predicted molar refractivity (Wildman–Crippen MR) is 98.2 cm³/mol. The second-order valence-corrected chi connectivity index (χ2v) is 8.19. The Hall–Kier alpha value is -1.76. The van der Waals surface area contributed by atoms with E-state index in [2.05, 4.69) is 13.8 Å². The number of amides is 1. The summed E-state index contributed by atoms with van der Waals surface area (Å²) in [5.41, 5.74) is 0.798. The molecule has 142 valence electrons. The van der Waals surface area contributed by atoms with Crippen molar-refractivity contribution in [3.63, 3.8) is 0 Å². The molecule has 0 unspecified atom stereocenters. The molecule has 1 aromatic carbocycles. The van der Waals surface area contributed by atoms with Crippen molar-refractivity contribution in [2.24, 2.45) is 5.92 Å². The minimum Gasteiger partial charge on any atom is -0.493 e. The molecule has 0 aliphatic rings. The molecule has 0 saturated heterocycles. The fourth-order valence-electron chi connectivity index (χ4n) is 2.37. The average molecular weight is 371 g/mol. The molecule has 0 saturated carbocycles. The van der Waals surface area contributed by atoms with Gasteiger partial charge in [-0.15, -0.1) is 0 Å². The van der Waals surface area contributed by atoms with Crippen LogP contribution >= 0.6 is 0 Å². The van der Waals surface area contributed by atoms with E-state index in [-0.39, 0.29) is 17.4 Å². The van der Waals surface area contributed by atoms with E-state index in [4.69, 9.17) is 8.92 Å². The molecule has 0 heterocycles. The summed E-state index contributed by atoms with van der Waals surface area (Å²) in [6.45, 7) is 8.66. The third-order valence-electron chi connectivity index (χ3n) is 3.57. The van der Waals surface area contributed by atoms with Crippen LogP contribution in [0.4, 0.5) is 0 Å². The Kier molecular flexibility index (Phi) is 8.22. The molecule has 0 radical (unpaired) electrons. The SMILES string of the molecule is CCCC(=O)N(Cc1ccc(OC)c(OS(=O)(=O)CC)c1)CC(C)C. The molecule has 6 nitrogen and oxygen atoms in total. The molecule has 0 bridgehead atoms. The highest BCUT2D eigenvalue weighted by Crippen LogP contribution is 2.30. The third kappa shape index (κ3) is 6.94. The minimum absolute atomic E-state index is 0.0932. The van der Waals surface area contributed by atoms with Crippen molar-refractivity contribution in [2.75, 3.05) is 19.4 Å². The van der Waals surface area contributed by atoms with Gasteiger partial charge in [0, 0.05) is 19.5 Å². The Balaban J connectivity index is 3.08. The Morgan fingerprint density at radius 1 is 1.20 bits per heavy atom. The molecular formula is C18H29NO5S. The lowest BCUT2D eigenvalue weighted by Crippen LogP contribution is -2.33. The van der Waals surface area contributed by atoms with Crippen LogP contribution in [0.3, 0.4) is 0 Å². The van der Waals surface area contributed by atoms with E-state index in [1.54, 1.807) is 17.0 Å². The van der Waals surface area contributed by atoms with Crippen molar-refractivity contribution in [3.05, 3.63) is 23.8 Å². The highest BCUT2D eigenvalue weighted by atomic mass is 32.2. The summed E-state index contributed by atoms with van der Waals surface area (Å²) in [5.74, 6) is 0.797. The van der Waals surface area contributed by atoms with Gasteiger partial charge in [-0.2, -0.15) is 8.42 Å². The first-order valence-corrected chi connectivity index (χ1v) is 10.2. The largest absolute Gasteiger partial charge is 0.493 e. The summed E-state index contributed by atoms with van der Waals surface area (Å²) in [7, 11) is -2.20. The first kappa shape index (κ1) is 21.3. The van der Waals surface area contributed by atoms with Crippen LogP contribution in [0.1, 0.15) is 46.1 Å². The van der Waals surface area contributed by atoms with Gasteiger partial charge in [0.1, 0.15) is 0 Å². The molecule has 0 aromatic heterocycles. The van der Waals surface area contributed by atoms with Gasteiger partial charge in [0.15, 0.2) is 11.5 Å². The van der Waals surface area contributed by atoms with E-state index in [1.165, 1.54) is 14.0 Å². The second-order valence-electron chi connectivity index (χ2n) is 6.33. The lowest BCUT2D eigenvalue weighted by Gasteiger charge is -2.25. The van der Waals surface area contributed by atoms with Crippen molar-refractivity contribution in [1.29, 1.82) is 0 Å². The van der Waals surface area contributed by atoms with Crippen LogP contribution in [0.25, 0.3) is 0 Å². The standard InChI is InChI=1S/C18H29NO5S/c1-6-8-18(20)19(12-14(3)4)13-15-9-10-16(23-5)17(11-15)24-25(21,22)7-2/h9-11,14H,6-8,12-13H2,1-5H3. The molecule has 1 amide bonds. The molecular weight excluding hydrogens is 342 g/mol. The van der Waals surface area contributed by atoms with Crippen LogP contribution in [0.15, 0.2) is 18.2 Å². The van der Waals surface area contributed by atoms with Crippen molar-refractivity contribution >= 4 is 16.0 Å². The molecule has 1 rings (SSSR count). The molecule has 1 aromatic rings. The van der Waals surface area contributed by atoms with Gasteiger partial charge in [-0.05, 0) is 37.0 Å². The number of methoxy groups -OCH3 is 1. The van der Waals surface area contributed by atoms with Crippen molar-refractivity contribution in [1.82, 2.24) is 4.90 Å². The normalized spacial score (nSPS) is 11.4. The van der Waals surface area contributed by atoms with E-state index in [1.807, 2.05) is 13.0 Å². The average Bonchev–Trinajstić information content (AvgIpc) is 2.54. The smallest absolute Gasteiger partial charge is 0.309 e. The minimum atomic E-state index is -3.65. The molecule has 0 spiro atoms. The topological polar surface area (TPSA) is 72.9 Å². The maximum atomic E-state index is 12.3. The van der Waals surface area contributed by atoms with Gasteiger partial charge in [0.2, 0.25) is 5.91 Å². The Bertz CT molecular complexity index is 670. The molecule has 0 aliphatic heterocycles. The third-order valence-corrected chi connectivity index (χ3v) is 4.71. The lowest BCUT2D eigenvalue weighted by atomic mass is 10.1. The van der Waals surface area contributed by atoms with Crippen molar-refractivity contribution < 1.29 is 22.1 Å². The number of carbonyl (C=O) groups excluding carboxylic acids is 1. The van der Waals surface area contributed by atoms with Gasteiger partial charge in [0.05, 0.1) is 12.9 Å². The van der Waals surface area contributed by atoms with Crippen LogP contribution in [-0.2, 0) is 21.5 Å². The number of ether oxygens (including phenoxy) is 1. The summed E-state index contributed by atoms with van der Waals surface area (Å²) in [6, 6.07) is 5.10. The fraction of sp³-hybridized carbons (Fsp3) is 0.611. The molecule has 0 aliphatic carbocycles.